The fourth-order valence-corrected chi connectivity index (χ4v) is 2.94. The van der Waals surface area contributed by atoms with E-state index in [9.17, 15) is 4.79 Å². The van der Waals surface area contributed by atoms with Gasteiger partial charge in [0, 0.05) is 0 Å². The number of carbonyl (C=O) groups excluding carboxylic acids is 1. The number of aryl methyl sites for hydroxylation is 1. The molecule has 0 aliphatic carbocycles. The van der Waals surface area contributed by atoms with Crippen molar-refractivity contribution < 1.29 is 10.0 Å². The van der Waals surface area contributed by atoms with Crippen LogP contribution in [-0.2, 0) is 6.42 Å². The molecular formula is C15H17N3O2S. The highest BCUT2D eigenvalue weighted by Gasteiger charge is 2.21. The third-order valence-electron chi connectivity index (χ3n) is 3.15. The minimum atomic E-state index is -0.657. The monoisotopic (exact) mass is 303 g/mol. The van der Waals surface area contributed by atoms with Crippen molar-refractivity contribution in [2.45, 2.75) is 19.4 Å². The third-order valence-corrected chi connectivity index (χ3v) is 4.11. The summed E-state index contributed by atoms with van der Waals surface area (Å²) in [5.74, 6) is -0.272. The van der Waals surface area contributed by atoms with E-state index in [0.29, 0.717) is 4.88 Å². The largest absolute Gasteiger partial charge is 0.409 e. The first kappa shape index (κ1) is 15.1. The van der Waals surface area contributed by atoms with Crippen LogP contribution in [0.25, 0.3) is 0 Å². The molecule has 0 spiro atoms. The van der Waals surface area contributed by atoms with Crippen LogP contribution in [-0.4, -0.2) is 17.0 Å². The van der Waals surface area contributed by atoms with Crippen molar-refractivity contribution in [2.75, 3.05) is 0 Å². The molecule has 2 rings (SSSR count). The first-order chi connectivity index (χ1) is 10.2. The molecule has 1 unspecified atom stereocenters. The minimum Gasteiger partial charge on any atom is -0.409 e. The SMILES string of the molecule is CCc1ccsc1C(=O)NC(/C(N)=N/O)c1ccccc1. The van der Waals surface area contributed by atoms with Gasteiger partial charge in [-0.3, -0.25) is 4.79 Å². The fourth-order valence-electron chi connectivity index (χ4n) is 2.04. The van der Waals surface area contributed by atoms with Crippen LogP contribution in [0.3, 0.4) is 0 Å². The summed E-state index contributed by atoms with van der Waals surface area (Å²) in [6.07, 6.45) is 0.784. The van der Waals surface area contributed by atoms with Crippen LogP contribution in [0.2, 0.25) is 0 Å². The maximum atomic E-state index is 12.4. The van der Waals surface area contributed by atoms with Crippen LogP contribution in [0.4, 0.5) is 0 Å². The maximum absolute atomic E-state index is 12.4. The normalized spacial score (nSPS) is 12.9. The Labute approximate surface area is 127 Å². The summed E-state index contributed by atoms with van der Waals surface area (Å²) in [7, 11) is 0. The smallest absolute Gasteiger partial charge is 0.262 e. The van der Waals surface area contributed by atoms with Crippen LogP contribution < -0.4 is 11.1 Å². The number of nitrogens with zero attached hydrogens (tertiary/aromatic N) is 1. The number of amides is 1. The van der Waals surface area contributed by atoms with E-state index < -0.39 is 6.04 Å². The van der Waals surface area contributed by atoms with E-state index in [1.54, 1.807) is 0 Å². The summed E-state index contributed by atoms with van der Waals surface area (Å²) in [6.45, 7) is 2.00. The van der Waals surface area contributed by atoms with Gasteiger partial charge in [-0.1, -0.05) is 42.4 Å². The van der Waals surface area contributed by atoms with Gasteiger partial charge in [0.15, 0.2) is 5.84 Å². The molecule has 21 heavy (non-hydrogen) atoms. The van der Waals surface area contributed by atoms with Gasteiger partial charge < -0.3 is 16.3 Å². The number of rotatable bonds is 5. The summed E-state index contributed by atoms with van der Waals surface area (Å²) in [6, 6.07) is 10.4. The number of nitrogens with one attached hydrogen (secondary N) is 1. The number of hydrogen-bond donors (Lipinski definition) is 3. The lowest BCUT2D eigenvalue weighted by atomic mass is 10.1. The summed E-state index contributed by atoms with van der Waals surface area (Å²) < 4.78 is 0. The molecule has 4 N–H and O–H groups in total. The Bertz CT molecular complexity index is 637. The molecule has 1 aromatic heterocycles. The number of carbonyl (C=O) groups is 1. The van der Waals surface area contributed by atoms with Crippen LogP contribution in [0.15, 0.2) is 46.9 Å². The highest BCUT2D eigenvalue weighted by Crippen LogP contribution is 2.20. The molecule has 0 saturated heterocycles. The Morgan fingerprint density at radius 3 is 2.71 bits per heavy atom. The quantitative estimate of drug-likeness (QED) is 0.343. The summed E-state index contributed by atoms with van der Waals surface area (Å²) in [5.41, 5.74) is 7.46. The van der Waals surface area contributed by atoms with Crippen molar-refractivity contribution in [2.24, 2.45) is 10.9 Å². The molecule has 5 nitrogen and oxygen atoms in total. The van der Waals surface area contributed by atoms with E-state index >= 15 is 0 Å². The second-order valence-corrected chi connectivity index (χ2v) is 5.39. The van der Waals surface area contributed by atoms with Crippen molar-refractivity contribution in [3.8, 4) is 0 Å². The molecule has 0 saturated carbocycles. The van der Waals surface area contributed by atoms with Crippen molar-refractivity contribution in [1.29, 1.82) is 0 Å². The zero-order chi connectivity index (χ0) is 15.2. The molecule has 0 aliphatic rings. The van der Waals surface area contributed by atoms with E-state index in [4.69, 9.17) is 10.9 Å². The van der Waals surface area contributed by atoms with Gasteiger partial charge in [0.2, 0.25) is 0 Å². The van der Waals surface area contributed by atoms with Gasteiger partial charge in [0.05, 0.1) is 4.88 Å². The molecule has 1 heterocycles. The van der Waals surface area contributed by atoms with E-state index in [2.05, 4.69) is 10.5 Å². The van der Waals surface area contributed by atoms with E-state index in [0.717, 1.165) is 17.5 Å². The first-order valence-electron chi connectivity index (χ1n) is 6.57. The van der Waals surface area contributed by atoms with Crippen LogP contribution >= 0.6 is 11.3 Å². The highest BCUT2D eigenvalue weighted by molar-refractivity contribution is 7.12. The van der Waals surface area contributed by atoms with Crippen LogP contribution in [0.1, 0.15) is 33.8 Å². The van der Waals surface area contributed by atoms with Crippen LogP contribution in [0.5, 0.6) is 0 Å². The number of nitrogens with two attached hydrogens (primary N) is 1. The molecule has 110 valence electrons. The number of amidine groups is 1. The van der Waals surface area contributed by atoms with Gasteiger partial charge in [-0.05, 0) is 29.0 Å². The lowest BCUT2D eigenvalue weighted by molar-refractivity contribution is 0.0949. The molecule has 0 fully saturated rings. The Kier molecular flexibility index (Phi) is 4.94. The molecular weight excluding hydrogens is 286 g/mol. The summed E-state index contributed by atoms with van der Waals surface area (Å²) in [5, 5.41) is 16.7. The van der Waals surface area contributed by atoms with E-state index in [1.807, 2.05) is 48.7 Å². The van der Waals surface area contributed by atoms with Crippen molar-refractivity contribution in [1.82, 2.24) is 5.32 Å². The van der Waals surface area contributed by atoms with E-state index in [-0.39, 0.29) is 11.7 Å². The molecule has 2 aromatic rings. The molecule has 0 bridgehead atoms. The minimum absolute atomic E-state index is 0.0517. The lowest BCUT2D eigenvalue weighted by Crippen LogP contribution is -2.37. The van der Waals surface area contributed by atoms with Gasteiger partial charge in [0.1, 0.15) is 6.04 Å². The lowest BCUT2D eigenvalue weighted by Gasteiger charge is -2.17. The Morgan fingerprint density at radius 2 is 2.10 bits per heavy atom. The highest BCUT2D eigenvalue weighted by atomic mass is 32.1. The van der Waals surface area contributed by atoms with Crippen LogP contribution in [0, 0.1) is 0 Å². The topological polar surface area (TPSA) is 87.7 Å². The van der Waals surface area contributed by atoms with Crippen molar-refractivity contribution in [3.63, 3.8) is 0 Å². The average molecular weight is 303 g/mol. The first-order valence-corrected chi connectivity index (χ1v) is 7.45. The van der Waals surface area contributed by atoms with E-state index in [1.165, 1.54) is 11.3 Å². The average Bonchev–Trinajstić information content (AvgIpc) is 3.01. The predicted octanol–water partition coefficient (Wildman–Crippen LogP) is 2.53. The molecule has 1 aromatic carbocycles. The predicted molar refractivity (Wildman–Crippen MR) is 83.8 cm³/mol. The maximum Gasteiger partial charge on any atom is 0.262 e. The molecule has 0 aliphatic heterocycles. The van der Waals surface area contributed by atoms with Gasteiger partial charge in [0.25, 0.3) is 5.91 Å². The van der Waals surface area contributed by atoms with Gasteiger partial charge in [-0.15, -0.1) is 11.3 Å². The zero-order valence-corrected chi connectivity index (χ0v) is 12.4. The standard InChI is InChI=1S/C15H17N3O2S/c1-2-10-8-9-21-13(10)15(19)17-12(14(16)18-20)11-6-4-3-5-7-11/h3-9,12,20H,2H2,1H3,(H2,16,18)(H,17,19). The van der Waals surface area contributed by atoms with Gasteiger partial charge in [-0.25, -0.2) is 0 Å². The zero-order valence-electron chi connectivity index (χ0n) is 11.6. The fraction of sp³-hybridized carbons (Fsp3) is 0.200. The molecule has 1 amide bonds. The second kappa shape index (κ2) is 6.90. The third kappa shape index (κ3) is 3.41. The van der Waals surface area contributed by atoms with Crippen molar-refractivity contribution in [3.05, 3.63) is 57.8 Å². The molecule has 0 radical (unpaired) electrons. The molecule has 1 atom stereocenters. The summed E-state index contributed by atoms with van der Waals surface area (Å²) in [4.78, 5) is 13.1. The number of thiophene rings is 1. The second-order valence-electron chi connectivity index (χ2n) is 4.47. The van der Waals surface area contributed by atoms with Gasteiger partial charge in [-0.2, -0.15) is 0 Å². The Hall–Kier alpha value is -2.34. The van der Waals surface area contributed by atoms with Crippen molar-refractivity contribution >= 4 is 23.1 Å². The Balaban J connectivity index is 2.26. The number of hydrogen-bond acceptors (Lipinski definition) is 4. The number of benzene rings is 1. The summed E-state index contributed by atoms with van der Waals surface area (Å²) >= 11 is 1.38. The van der Waals surface area contributed by atoms with Gasteiger partial charge >= 0.3 is 0 Å². The Morgan fingerprint density at radius 1 is 1.38 bits per heavy atom. The molecule has 6 heteroatoms. The number of oxime groups is 1.